The topological polar surface area (TPSA) is 21.3 Å². The molecule has 0 N–H and O–H groups in total. The Balaban J connectivity index is 1.22. The van der Waals surface area contributed by atoms with E-state index in [0.29, 0.717) is 0 Å². The molecule has 1 aliphatic carbocycles. The van der Waals surface area contributed by atoms with E-state index in [2.05, 4.69) is 187 Å². The molecule has 0 saturated carbocycles. The predicted molar refractivity (Wildman–Crippen MR) is 225 cm³/mol. The smallest absolute Gasteiger partial charge is 0.159 e. The molecule has 3 nitrogen and oxygen atoms in total. The number of nitrogens with zero attached hydrogens (tertiary/aromatic N) is 2. The van der Waals surface area contributed by atoms with E-state index in [0.717, 1.165) is 39.0 Å². The van der Waals surface area contributed by atoms with Crippen molar-refractivity contribution >= 4 is 60.8 Å². The van der Waals surface area contributed by atoms with Crippen molar-refractivity contribution in [2.75, 3.05) is 4.90 Å². The number of rotatable bonds is 4. The Kier molecular flexibility index (Phi) is 5.84. The third-order valence-corrected chi connectivity index (χ3v) is 12.1. The largest absolute Gasteiger partial charge is 0.454 e. The standard InChI is InChI=1S/C51H34N2O/c1-51(2)40-20-10-17-36-34-15-6-8-21-42(34)53-48-37(38-29-30-41(51)47(46(36)40)49(38)53)18-11-22-43(48)52(33-27-25-32(26-28-33)31-13-4-3-5-14-31)44-23-12-19-39-35-16-7-9-24-45(35)54-50(39)44/h3-30H,1-2H3. The molecule has 8 aromatic carbocycles. The lowest BCUT2D eigenvalue weighted by molar-refractivity contribution is 0.661. The number of hydrogen-bond donors (Lipinski definition) is 0. The molecular weight excluding hydrogens is 657 g/mol. The van der Waals surface area contributed by atoms with Crippen LogP contribution in [0.25, 0.3) is 82.8 Å². The number of furan rings is 1. The molecule has 0 radical (unpaired) electrons. The zero-order valence-corrected chi connectivity index (χ0v) is 30.0. The molecule has 0 saturated heterocycles. The number of benzene rings is 8. The van der Waals surface area contributed by atoms with Gasteiger partial charge in [0.15, 0.2) is 5.58 Å². The third kappa shape index (κ3) is 3.80. The second-order valence-corrected chi connectivity index (χ2v) is 15.3. The summed E-state index contributed by atoms with van der Waals surface area (Å²) in [7, 11) is 0. The van der Waals surface area contributed by atoms with Gasteiger partial charge in [-0.1, -0.05) is 147 Å². The highest BCUT2D eigenvalue weighted by Crippen LogP contribution is 2.59. The minimum absolute atomic E-state index is 0.116. The zero-order valence-electron chi connectivity index (χ0n) is 30.0. The number of hydrogen-bond acceptors (Lipinski definition) is 2. The van der Waals surface area contributed by atoms with Gasteiger partial charge >= 0.3 is 0 Å². The lowest BCUT2D eigenvalue weighted by atomic mass is 9.81. The van der Waals surface area contributed by atoms with Gasteiger partial charge < -0.3 is 13.9 Å². The summed E-state index contributed by atoms with van der Waals surface area (Å²) in [5.74, 6) is 0. The molecule has 12 rings (SSSR count). The zero-order chi connectivity index (χ0) is 35.7. The van der Waals surface area contributed by atoms with E-state index in [4.69, 9.17) is 4.42 Å². The highest BCUT2D eigenvalue weighted by Gasteiger charge is 2.41. The summed E-state index contributed by atoms with van der Waals surface area (Å²) in [6, 6.07) is 61.9. The van der Waals surface area contributed by atoms with Crippen LogP contribution in [0.1, 0.15) is 25.0 Å². The summed E-state index contributed by atoms with van der Waals surface area (Å²) in [5.41, 5.74) is 18.9. The van der Waals surface area contributed by atoms with Crippen LogP contribution in [-0.4, -0.2) is 4.57 Å². The molecule has 3 heterocycles. The fourth-order valence-electron chi connectivity index (χ4n) is 9.69. The maximum atomic E-state index is 6.77. The highest BCUT2D eigenvalue weighted by atomic mass is 16.3. The first-order valence-corrected chi connectivity index (χ1v) is 18.8. The van der Waals surface area contributed by atoms with E-state index < -0.39 is 0 Å². The van der Waals surface area contributed by atoms with E-state index in [-0.39, 0.29) is 5.41 Å². The van der Waals surface area contributed by atoms with Crippen molar-refractivity contribution in [3.63, 3.8) is 0 Å². The van der Waals surface area contributed by atoms with Gasteiger partial charge in [-0.25, -0.2) is 0 Å². The highest BCUT2D eigenvalue weighted by molar-refractivity contribution is 6.22. The number of fused-ring (bicyclic) bond motifs is 9. The van der Waals surface area contributed by atoms with Crippen molar-refractivity contribution in [2.24, 2.45) is 0 Å². The van der Waals surface area contributed by atoms with Gasteiger partial charge in [-0.2, -0.15) is 0 Å². The van der Waals surface area contributed by atoms with Crippen molar-refractivity contribution in [2.45, 2.75) is 19.3 Å². The molecule has 0 spiro atoms. The average Bonchev–Trinajstić information content (AvgIpc) is 3.82. The second kappa shape index (κ2) is 10.6. The van der Waals surface area contributed by atoms with Gasteiger partial charge in [-0.15, -0.1) is 0 Å². The van der Waals surface area contributed by atoms with Gasteiger partial charge in [0.1, 0.15) is 5.58 Å². The summed E-state index contributed by atoms with van der Waals surface area (Å²) >= 11 is 0. The lowest BCUT2D eigenvalue weighted by Crippen LogP contribution is -2.15. The Morgan fingerprint density at radius 1 is 0.463 bits per heavy atom. The molecule has 0 unspecified atom stereocenters. The van der Waals surface area contributed by atoms with Crippen molar-refractivity contribution in [1.82, 2.24) is 4.57 Å². The maximum Gasteiger partial charge on any atom is 0.159 e. The van der Waals surface area contributed by atoms with Gasteiger partial charge in [-0.3, -0.25) is 0 Å². The molecule has 2 aromatic heterocycles. The SMILES string of the molecule is CC1(C)c2cccc3c2-c2c1ccc1c4cccc(N(c5ccc(-c6ccccc6)cc5)c5cccc6c5oc5ccccc56)c4n(c21)-c1ccccc1-3. The molecule has 2 aliphatic rings. The van der Waals surface area contributed by atoms with E-state index in [9.17, 15) is 0 Å². The van der Waals surface area contributed by atoms with E-state index in [1.807, 2.05) is 6.07 Å². The number of anilines is 3. The summed E-state index contributed by atoms with van der Waals surface area (Å²) in [5, 5.41) is 4.72. The van der Waals surface area contributed by atoms with Crippen molar-refractivity contribution in [3.8, 4) is 39.1 Å². The van der Waals surface area contributed by atoms with Gasteiger partial charge in [0.05, 0.1) is 28.1 Å². The Hall–Kier alpha value is -6.84. The lowest BCUT2D eigenvalue weighted by Gasteiger charge is -2.27. The van der Waals surface area contributed by atoms with E-state index >= 15 is 0 Å². The van der Waals surface area contributed by atoms with Crippen LogP contribution >= 0.6 is 0 Å². The fraction of sp³-hybridized carbons (Fsp3) is 0.0588. The average molecular weight is 691 g/mol. The summed E-state index contributed by atoms with van der Waals surface area (Å²) < 4.78 is 9.35. The van der Waals surface area contributed by atoms with Crippen LogP contribution < -0.4 is 4.90 Å². The Morgan fingerprint density at radius 3 is 1.98 bits per heavy atom. The second-order valence-electron chi connectivity index (χ2n) is 15.3. The normalized spacial score (nSPS) is 13.5. The van der Waals surface area contributed by atoms with Gasteiger partial charge in [0.25, 0.3) is 0 Å². The Morgan fingerprint density at radius 2 is 1.11 bits per heavy atom. The molecule has 3 heteroatoms. The van der Waals surface area contributed by atoms with Crippen LogP contribution in [0.4, 0.5) is 17.1 Å². The van der Waals surface area contributed by atoms with Crippen LogP contribution in [0.15, 0.2) is 174 Å². The minimum atomic E-state index is -0.116. The van der Waals surface area contributed by atoms with Crippen molar-refractivity contribution < 1.29 is 4.42 Å². The number of para-hydroxylation sites is 4. The quantitative estimate of drug-likeness (QED) is 0.183. The first-order chi connectivity index (χ1) is 26.6. The number of aromatic nitrogens is 1. The van der Waals surface area contributed by atoms with Crippen molar-refractivity contribution in [1.29, 1.82) is 0 Å². The van der Waals surface area contributed by atoms with E-state index in [1.54, 1.807) is 0 Å². The molecule has 54 heavy (non-hydrogen) atoms. The van der Waals surface area contributed by atoms with Crippen LogP contribution in [-0.2, 0) is 5.41 Å². The maximum absolute atomic E-state index is 6.77. The van der Waals surface area contributed by atoms with Crippen molar-refractivity contribution in [3.05, 3.63) is 181 Å². The summed E-state index contributed by atoms with van der Waals surface area (Å²) in [6.45, 7) is 4.77. The first-order valence-electron chi connectivity index (χ1n) is 18.8. The Bertz CT molecular complexity index is 3180. The molecular formula is C51H34N2O. The van der Waals surface area contributed by atoms with Crippen LogP contribution in [0.2, 0.25) is 0 Å². The Labute approximate surface area is 312 Å². The molecule has 254 valence electrons. The molecule has 0 fully saturated rings. The van der Waals surface area contributed by atoms with Gasteiger partial charge in [-0.05, 0) is 69.8 Å². The summed E-state index contributed by atoms with van der Waals surface area (Å²) in [6.07, 6.45) is 0. The fourth-order valence-corrected chi connectivity index (χ4v) is 9.69. The monoisotopic (exact) mass is 690 g/mol. The van der Waals surface area contributed by atoms with Crippen LogP contribution in [0.3, 0.4) is 0 Å². The van der Waals surface area contributed by atoms with Crippen LogP contribution in [0.5, 0.6) is 0 Å². The predicted octanol–water partition coefficient (Wildman–Crippen LogP) is 14.1. The first kappa shape index (κ1) is 29.7. The minimum Gasteiger partial charge on any atom is -0.454 e. The van der Waals surface area contributed by atoms with Gasteiger partial charge in [0, 0.05) is 43.8 Å². The molecule has 0 atom stereocenters. The van der Waals surface area contributed by atoms with E-state index in [1.165, 1.54) is 72.0 Å². The third-order valence-electron chi connectivity index (χ3n) is 12.1. The summed E-state index contributed by atoms with van der Waals surface area (Å²) in [4.78, 5) is 2.42. The van der Waals surface area contributed by atoms with Crippen LogP contribution in [0, 0.1) is 0 Å². The molecule has 0 amide bonds. The molecule has 0 bridgehead atoms. The van der Waals surface area contributed by atoms with Gasteiger partial charge in [0.2, 0.25) is 0 Å². The molecule has 10 aromatic rings. The molecule has 1 aliphatic heterocycles.